The summed E-state index contributed by atoms with van der Waals surface area (Å²) in [6.45, 7) is 0. The molecule has 0 atom stereocenters. The van der Waals surface area contributed by atoms with Gasteiger partial charge in [0.25, 0.3) is 0 Å². The quantitative estimate of drug-likeness (QED) is 0.299. The number of benzene rings is 4. The van der Waals surface area contributed by atoms with Crippen LogP contribution in [-0.2, 0) is 0 Å². The summed E-state index contributed by atoms with van der Waals surface area (Å²) < 4.78 is 12.1. The molecule has 4 nitrogen and oxygen atoms in total. The van der Waals surface area contributed by atoms with Gasteiger partial charge in [-0.2, -0.15) is 0 Å². The van der Waals surface area contributed by atoms with E-state index in [-0.39, 0.29) is 0 Å². The van der Waals surface area contributed by atoms with E-state index < -0.39 is 0 Å². The van der Waals surface area contributed by atoms with Crippen LogP contribution in [0.2, 0.25) is 10.0 Å². The summed E-state index contributed by atoms with van der Waals surface area (Å²) in [6, 6.07) is 19.3. The number of para-hydroxylation sites is 2. The van der Waals surface area contributed by atoms with Crippen LogP contribution >= 0.6 is 23.2 Å². The topological polar surface area (TPSA) is 43.2 Å². The second-order valence-corrected chi connectivity index (χ2v) is 7.27. The number of halogens is 2. The van der Waals surface area contributed by atoms with Gasteiger partial charge in [0, 0.05) is 5.39 Å². The number of rotatable bonds is 0. The van der Waals surface area contributed by atoms with Gasteiger partial charge in [-0.1, -0.05) is 65.7 Å². The number of nitrogens with zero attached hydrogens (tertiary/aromatic N) is 2. The van der Waals surface area contributed by atoms with Crippen LogP contribution in [-0.4, -0.2) is 0 Å². The molecule has 0 aliphatic carbocycles. The van der Waals surface area contributed by atoms with Crippen LogP contribution in [0.1, 0.15) is 0 Å². The average Bonchev–Trinajstić information content (AvgIpc) is 2.75. The highest BCUT2D eigenvalue weighted by Crippen LogP contribution is 2.44. The lowest BCUT2D eigenvalue weighted by atomic mass is 10.1. The Bertz CT molecular complexity index is 1450. The van der Waals surface area contributed by atoms with E-state index >= 15 is 0 Å². The number of fused-ring (bicyclic) bond motifs is 6. The van der Waals surface area contributed by atoms with Crippen molar-refractivity contribution >= 4 is 45.3 Å². The van der Waals surface area contributed by atoms with Crippen LogP contribution in [0.25, 0.3) is 10.8 Å². The van der Waals surface area contributed by atoms with Crippen molar-refractivity contribution in [1.82, 2.24) is 0 Å². The third kappa shape index (κ3) is 2.13. The lowest BCUT2D eigenvalue weighted by Crippen LogP contribution is -2.22. The van der Waals surface area contributed by atoms with Gasteiger partial charge in [-0.3, -0.25) is 0 Å². The summed E-state index contributed by atoms with van der Waals surface area (Å²) >= 11 is 13.3. The normalized spacial score (nSPS) is 13.1. The van der Waals surface area contributed by atoms with Crippen LogP contribution in [0.4, 0.5) is 11.4 Å². The SMILES string of the molecule is Clc1c2c(c(Cl)c3c1=Nc1ccccc1O3)=Nc1c(ccc3ccccc13)O2. The van der Waals surface area contributed by atoms with Crippen LogP contribution in [0.3, 0.4) is 0 Å². The summed E-state index contributed by atoms with van der Waals surface area (Å²) in [5.74, 6) is 2.02. The monoisotopic (exact) mass is 404 g/mol. The Balaban J connectivity index is 1.71. The maximum Gasteiger partial charge on any atom is 0.175 e. The summed E-state index contributed by atoms with van der Waals surface area (Å²) in [5.41, 5.74) is 1.41. The summed E-state index contributed by atoms with van der Waals surface area (Å²) in [7, 11) is 0. The molecule has 6 heteroatoms. The Hall–Kier alpha value is -3.08. The van der Waals surface area contributed by atoms with Crippen LogP contribution in [0, 0.1) is 0 Å². The first kappa shape index (κ1) is 15.9. The summed E-state index contributed by atoms with van der Waals surface area (Å²) in [4.78, 5) is 9.42. The molecule has 2 heterocycles. The zero-order valence-corrected chi connectivity index (χ0v) is 15.8. The average molecular weight is 405 g/mol. The first-order valence-electron chi connectivity index (χ1n) is 8.65. The van der Waals surface area contributed by atoms with E-state index in [0.717, 1.165) is 16.5 Å². The van der Waals surface area contributed by atoms with Crippen molar-refractivity contribution < 1.29 is 9.47 Å². The fraction of sp³-hybridized carbons (Fsp3) is 0. The highest BCUT2D eigenvalue weighted by Gasteiger charge is 2.27. The Kier molecular flexibility index (Phi) is 3.25. The van der Waals surface area contributed by atoms with Gasteiger partial charge < -0.3 is 9.47 Å². The van der Waals surface area contributed by atoms with E-state index in [1.165, 1.54) is 0 Å². The third-order valence-electron chi connectivity index (χ3n) is 4.85. The molecule has 6 rings (SSSR count). The molecule has 0 radical (unpaired) electrons. The van der Waals surface area contributed by atoms with Crippen molar-refractivity contribution in [3.63, 3.8) is 0 Å². The van der Waals surface area contributed by atoms with E-state index in [1.54, 1.807) is 0 Å². The molecule has 4 aromatic rings. The van der Waals surface area contributed by atoms with Crippen molar-refractivity contribution in [3.05, 3.63) is 81.4 Å². The molecule has 0 N–H and O–H groups in total. The molecule has 2 aliphatic rings. The molecule has 134 valence electrons. The predicted octanol–water partition coefficient (Wildman–Crippen LogP) is 6.26. The molecule has 0 unspecified atom stereocenters. The van der Waals surface area contributed by atoms with Gasteiger partial charge in [-0.05, 0) is 23.6 Å². The minimum atomic E-state index is 0.325. The van der Waals surface area contributed by atoms with Gasteiger partial charge in [0.15, 0.2) is 23.0 Å². The van der Waals surface area contributed by atoms with Gasteiger partial charge in [0.2, 0.25) is 0 Å². The van der Waals surface area contributed by atoms with Crippen molar-refractivity contribution in [3.8, 4) is 23.0 Å². The summed E-state index contributed by atoms with van der Waals surface area (Å²) in [6.07, 6.45) is 0. The Morgan fingerprint density at radius 1 is 0.643 bits per heavy atom. The highest BCUT2D eigenvalue weighted by atomic mass is 35.5. The Morgan fingerprint density at radius 2 is 1.32 bits per heavy atom. The fourth-order valence-corrected chi connectivity index (χ4v) is 4.04. The van der Waals surface area contributed by atoms with Crippen molar-refractivity contribution in [2.24, 2.45) is 9.98 Å². The maximum absolute atomic E-state index is 6.68. The van der Waals surface area contributed by atoms with Gasteiger partial charge in [0.1, 0.15) is 32.1 Å². The van der Waals surface area contributed by atoms with E-state index in [1.807, 2.05) is 60.7 Å². The number of ether oxygens (including phenoxy) is 2. The molecule has 0 bridgehead atoms. The zero-order chi connectivity index (χ0) is 18.8. The molecule has 0 amide bonds. The van der Waals surface area contributed by atoms with E-state index in [9.17, 15) is 0 Å². The number of hydrogen-bond donors (Lipinski definition) is 0. The van der Waals surface area contributed by atoms with Crippen LogP contribution in [0.15, 0.2) is 70.6 Å². The van der Waals surface area contributed by atoms with Gasteiger partial charge in [-0.15, -0.1) is 0 Å². The Labute approximate surface area is 169 Å². The highest BCUT2D eigenvalue weighted by molar-refractivity contribution is 6.35. The lowest BCUT2D eigenvalue weighted by Gasteiger charge is -2.21. The predicted molar refractivity (Wildman–Crippen MR) is 109 cm³/mol. The van der Waals surface area contributed by atoms with Gasteiger partial charge in [-0.25, -0.2) is 9.98 Å². The number of hydrogen-bond acceptors (Lipinski definition) is 4. The molecule has 28 heavy (non-hydrogen) atoms. The molecular weight excluding hydrogens is 395 g/mol. The molecule has 2 aliphatic heterocycles. The maximum atomic E-state index is 6.68. The first-order chi connectivity index (χ1) is 13.7. The zero-order valence-electron chi connectivity index (χ0n) is 14.2. The van der Waals surface area contributed by atoms with E-state index in [0.29, 0.717) is 49.4 Å². The summed E-state index contributed by atoms with van der Waals surface area (Å²) in [5, 5.41) is 3.59. The van der Waals surface area contributed by atoms with Crippen LogP contribution in [0.5, 0.6) is 23.0 Å². The third-order valence-corrected chi connectivity index (χ3v) is 5.55. The van der Waals surface area contributed by atoms with Gasteiger partial charge >= 0.3 is 0 Å². The largest absolute Gasteiger partial charge is 0.451 e. The molecule has 0 spiro atoms. The Morgan fingerprint density at radius 3 is 2.18 bits per heavy atom. The molecule has 0 fully saturated rings. The molecular formula is C22H10Cl2N2O2. The van der Waals surface area contributed by atoms with Crippen molar-refractivity contribution in [1.29, 1.82) is 0 Å². The lowest BCUT2D eigenvalue weighted by molar-refractivity contribution is 0.452. The van der Waals surface area contributed by atoms with E-state index in [2.05, 4.69) is 4.99 Å². The second kappa shape index (κ2) is 5.71. The smallest absolute Gasteiger partial charge is 0.175 e. The molecule has 0 saturated carbocycles. The van der Waals surface area contributed by atoms with Gasteiger partial charge in [0.05, 0.1) is 0 Å². The molecule has 0 saturated heterocycles. The molecule has 4 aromatic carbocycles. The second-order valence-electron chi connectivity index (χ2n) is 6.51. The fourth-order valence-electron chi connectivity index (χ4n) is 3.53. The van der Waals surface area contributed by atoms with Crippen molar-refractivity contribution in [2.75, 3.05) is 0 Å². The van der Waals surface area contributed by atoms with Crippen molar-refractivity contribution in [2.45, 2.75) is 0 Å². The first-order valence-corrected chi connectivity index (χ1v) is 9.41. The minimum Gasteiger partial charge on any atom is -0.451 e. The minimum absolute atomic E-state index is 0.325. The standard InChI is InChI=1S/C22H10Cl2N2O2/c23-16-19-21(27-14-8-4-3-7-13(14)25-19)17(24)20-22(16)28-15-10-9-11-5-1-2-6-12(11)18(15)26-20/h1-10H. The van der Waals surface area contributed by atoms with E-state index in [4.69, 9.17) is 37.7 Å². The molecule has 0 aromatic heterocycles. The van der Waals surface area contributed by atoms with Crippen LogP contribution < -0.4 is 20.2 Å².